The fourth-order valence-corrected chi connectivity index (χ4v) is 3.21. The summed E-state index contributed by atoms with van der Waals surface area (Å²) in [6.45, 7) is 1.40. The average Bonchev–Trinajstić information content (AvgIpc) is 2.80. The lowest BCUT2D eigenvalue weighted by Gasteiger charge is -2.24. The Balaban J connectivity index is 0.00000225. The molecule has 0 radical (unpaired) electrons. The zero-order valence-electron chi connectivity index (χ0n) is 13.8. The fourth-order valence-electron chi connectivity index (χ4n) is 3.21. The van der Waals surface area contributed by atoms with Gasteiger partial charge in [0.15, 0.2) is 0 Å². The van der Waals surface area contributed by atoms with Gasteiger partial charge in [-0.25, -0.2) is 8.78 Å². The number of rotatable bonds is 2. The molecule has 0 saturated carbocycles. The summed E-state index contributed by atoms with van der Waals surface area (Å²) in [7, 11) is 0. The van der Waals surface area contributed by atoms with Crippen molar-refractivity contribution in [3.8, 4) is 0 Å². The molecule has 1 unspecified atom stereocenters. The molecule has 0 bridgehead atoms. The van der Waals surface area contributed by atoms with E-state index in [1.54, 1.807) is 21.9 Å². The van der Waals surface area contributed by atoms with Gasteiger partial charge in [0, 0.05) is 38.2 Å². The van der Waals surface area contributed by atoms with Crippen LogP contribution < -0.4 is 5.32 Å². The second-order valence-electron chi connectivity index (χ2n) is 6.33. The number of halogens is 3. The molecule has 3 rings (SSSR count). The summed E-state index contributed by atoms with van der Waals surface area (Å²) in [4.78, 5) is 28.2. The largest absolute Gasteiger partial charge is 0.339 e. The van der Waals surface area contributed by atoms with Crippen LogP contribution in [-0.2, 0) is 4.79 Å². The summed E-state index contributed by atoms with van der Waals surface area (Å²) in [6.07, 6.45) is 0.197. The molecular weight excluding hydrogens is 352 g/mol. The molecule has 2 aliphatic heterocycles. The zero-order valence-corrected chi connectivity index (χ0v) is 14.6. The van der Waals surface area contributed by atoms with Gasteiger partial charge in [-0.05, 0) is 18.6 Å². The maximum Gasteiger partial charge on any atom is 0.262 e. The average molecular weight is 374 g/mol. The molecule has 2 heterocycles. The van der Waals surface area contributed by atoms with Gasteiger partial charge in [-0.1, -0.05) is 18.2 Å². The minimum Gasteiger partial charge on any atom is -0.339 e. The Kier molecular flexibility index (Phi) is 6.35. The Morgan fingerprint density at radius 3 is 2.32 bits per heavy atom. The van der Waals surface area contributed by atoms with Gasteiger partial charge >= 0.3 is 0 Å². The summed E-state index contributed by atoms with van der Waals surface area (Å²) in [5.74, 6) is -3.17. The predicted octanol–water partition coefficient (Wildman–Crippen LogP) is 1.78. The molecule has 0 aliphatic carbocycles. The first-order valence-corrected chi connectivity index (χ1v) is 8.21. The van der Waals surface area contributed by atoms with Crippen molar-refractivity contribution in [2.24, 2.45) is 0 Å². The quantitative estimate of drug-likeness (QED) is 0.859. The minimum absolute atomic E-state index is 0. The second kappa shape index (κ2) is 8.10. The highest BCUT2D eigenvalue weighted by molar-refractivity contribution is 5.94. The molecule has 5 nitrogen and oxygen atoms in total. The molecule has 138 valence electrons. The van der Waals surface area contributed by atoms with E-state index in [2.05, 4.69) is 5.32 Å². The summed E-state index contributed by atoms with van der Waals surface area (Å²) in [5.41, 5.74) is 0.620. The molecule has 1 N–H and O–H groups in total. The van der Waals surface area contributed by atoms with E-state index in [4.69, 9.17) is 0 Å². The van der Waals surface area contributed by atoms with Crippen LogP contribution in [0.15, 0.2) is 30.3 Å². The van der Waals surface area contributed by atoms with Crippen LogP contribution in [0.3, 0.4) is 0 Å². The molecule has 2 fully saturated rings. The van der Waals surface area contributed by atoms with Crippen LogP contribution in [0.25, 0.3) is 0 Å². The maximum atomic E-state index is 13.3. The van der Waals surface area contributed by atoms with Crippen LogP contribution in [0.2, 0.25) is 0 Å². The molecule has 0 spiro atoms. The van der Waals surface area contributed by atoms with Crippen molar-refractivity contribution < 1.29 is 18.4 Å². The topological polar surface area (TPSA) is 52.7 Å². The highest BCUT2D eigenvalue weighted by atomic mass is 35.5. The fraction of sp³-hybridized carbons (Fsp3) is 0.529. The minimum atomic E-state index is -2.82. The van der Waals surface area contributed by atoms with Crippen LogP contribution in [0.4, 0.5) is 8.78 Å². The number of hydrogen-bond donors (Lipinski definition) is 1. The molecule has 2 aliphatic rings. The first-order valence-electron chi connectivity index (χ1n) is 8.21. The van der Waals surface area contributed by atoms with Gasteiger partial charge < -0.3 is 9.80 Å². The Morgan fingerprint density at radius 2 is 1.68 bits per heavy atom. The highest BCUT2D eigenvalue weighted by Gasteiger charge is 2.43. The Hall–Kier alpha value is -1.73. The first kappa shape index (κ1) is 19.6. The van der Waals surface area contributed by atoms with E-state index in [0.29, 0.717) is 38.2 Å². The van der Waals surface area contributed by atoms with Crippen molar-refractivity contribution in [3.63, 3.8) is 0 Å². The molecule has 0 aromatic heterocycles. The molecule has 2 amide bonds. The SMILES string of the molecule is Cl.O=C(c1ccccc1)N1CCCN(C(=O)C2CC(F)(F)CN2)CC1. The normalized spacial score (nSPS) is 22.9. The summed E-state index contributed by atoms with van der Waals surface area (Å²) in [5, 5.41) is 2.60. The molecule has 1 aromatic rings. The van der Waals surface area contributed by atoms with E-state index in [-0.39, 0.29) is 24.2 Å². The first-order chi connectivity index (χ1) is 11.5. The van der Waals surface area contributed by atoms with E-state index in [9.17, 15) is 18.4 Å². The van der Waals surface area contributed by atoms with E-state index < -0.39 is 24.9 Å². The lowest BCUT2D eigenvalue weighted by atomic mass is 10.1. The Bertz CT molecular complexity index is 615. The van der Waals surface area contributed by atoms with E-state index in [1.165, 1.54) is 0 Å². The maximum absolute atomic E-state index is 13.3. The van der Waals surface area contributed by atoms with Crippen molar-refractivity contribution >= 4 is 24.2 Å². The third-order valence-electron chi connectivity index (χ3n) is 4.52. The smallest absolute Gasteiger partial charge is 0.262 e. The standard InChI is InChI=1S/C17H21F2N3O2.ClH/c18-17(19)11-14(20-12-17)16(24)22-8-4-7-21(9-10-22)15(23)13-5-2-1-3-6-13;/h1-3,5-6,14,20H,4,7-12H2;1H. The summed E-state index contributed by atoms with van der Waals surface area (Å²) < 4.78 is 26.5. The third-order valence-corrected chi connectivity index (χ3v) is 4.52. The van der Waals surface area contributed by atoms with Crippen LogP contribution in [0.5, 0.6) is 0 Å². The molecule has 1 atom stereocenters. The Morgan fingerprint density at radius 1 is 1.04 bits per heavy atom. The number of nitrogens with one attached hydrogen (secondary N) is 1. The van der Waals surface area contributed by atoms with Gasteiger partial charge in [-0.2, -0.15) is 0 Å². The van der Waals surface area contributed by atoms with Gasteiger partial charge in [-0.15, -0.1) is 12.4 Å². The Labute approximate surface area is 151 Å². The number of hydrogen-bond acceptors (Lipinski definition) is 3. The van der Waals surface area contributed by atoms with Crippen LogP contribution in [-0.4, -0.2) is 66.3 Å². The van der Waals surface area contributed by atoms with Crippen molar-refractivity contribution in [2.45, 2.75) is 24.8 Å². The third kappa shape index (κ3) is 4.67. The molecular formula is C17H22ClF2N3O2. The van der Waals surface area contributed by atoms with Gasteiger partial charge in [0.1, 0.15) is 0 Å². The van der Waals surface area contributed by atoms with Crippen LogP contribution in [0.1, 0.15) is 23.2 Å². The highest BCUT2D eigenvalue weighted by Crippen LogP contribution is 2.26. The van der Waals surface area contributed by atoms with E-state index >= 15 is 0 Å². The van der Waals surface area contributed by atoms with Gasteiger partial charge in [0.25, 0.3) is 11.8 Å². The molecule has 25 heavy (non-hydrogen) atoms. The molecule has 8 heteroatoms. The number of amides is 2. The number of alkyl halides is 2. The van der Waals surface area contributed by atoms with Crippen LogP contribution >= 0.6 is 12.4 Å². The molecule has 2 saturated heterocycles. The number of nitrogens with zero attached hydrogens (tertiary/aromatic N) is 2. The summed E-state index contributed by atoms with van der Waals surface area (Å²) >= 11 is 0. The number of benzene rings is 1. The number of carbonyl (C=O) groups is 2. The monoisotopic (exact) mass is 373 g/mol. The lowest BCUT2D eigenvalue weighted by molar-refractivity contribution is -0.133. The second-order valence-corrected chi connectivity index (χ2v) is 6.33. The number of carbonyl (C=O) groups excluding carboxylic acids is 2. The predicted molar refractivity (Wildman–Crippen MR) is 92.1 cm³/mol. The zero-order chi connectivity index (χ0) is 17.2. The molecule has 1 aromatic carbocycles. The van der Waals surface area contributed by atoms with Crippen molar-refractivity contribution in [1.82, 2.24) is 15.1 Å². The van der Waals surface area contributed by atoms with Crippen LogP contribution in [0, 0.1) is 0 Å². The lowest BCUT2D eigenvalue weighted by Crippen LogP contribution is -2.45. The van der Waals surface area contributed by atoms with Gasteiger partial charge in [-0.3, -0.25) is 14.9 Å². The van der Waals surface area contributed by atoms with E-state index in [0.717, 1.165) is 0 Å². The van der Waals surface area contributed by atoms with Crippen molar-refractivity contribution in [1.29, 1.82) is 0 Å². The van der Waals surface area contributed by atoms with E-state index in [1.807, 2.05) is 18.2 Å². The summed E-state index contributed by atoms with van der Waals surface area (Å²) in [6, 6.07) is 8.18. The van der Waals surface area contributed by atoms with Crippen molar-refractivity contribution in [3.05, 3.63) is 35.9 Å². The van der Waals surface area contributed by atoms with Crippen molar-refractivity contribution in [2.75, 3.05) is 32.7 Å². The van der Waals surface area contributed by atoms with Gasteiger partial charge in [0.05, 0.1) is 12.6 Å². The van der Waals surface area contributed by atoms with Gasteiger partial charge in [0.2, 0.25) is 5.91 Å².